The molecule has 2 rings (SSSR count). The number of hydrogen-bond acceptors (Lipinski definition) is 3. The van der Waals surface area contributed by atoms with Crippen LogP contribution < -0.4 is 5.32 Å². The predicted octanol–water partition coefficient (Wildman–Crippen LogP) is 1.97. The van der Waals surface area contributed by atoms with Crippen LogP contribution >= 0.6 is 0 Å². The van der Waals surface area contributed by atoms with Crippen LogP contribution in [0.15, 0.2) is 36.4 Å². The molecule has 1 heterocycles. The van der Waals surface area contributed by atoms with Gasteiger partial charge in [0.25, 0.3) is 0 Å². The first-order chi connectivity index (χ1) is 7.90. The summed E-state index contributed by atoms with van der Waals surface area (Å²) in [6.07, 6.45) is 0. The van der Waals surface area contributed by atoms with Gasteiger partial charge in [-0.1, -0.05) is 24.3 Å². The minimum absolute atomic E-state index is 0.730. The monoisotopic (exact) mass is 216 g/mol. The second-order valence-corrected chi connectivity index (χ2v) is 3.66. The molecule has 0 aliphatic heterocycles. The Balaban J connectivity index is 2.02. The van der Waals surface area contributed by atoms with Crippen LogP contribution in [0.25, 0.3) is 10.9 Å². The SMILES string of the molecule is COCCNCc1ccc2ccccc2n1. The minimum atomic E-state index is 0.730. The second kappa shape index (κ2) is 5.58. The molecule has 0 aliphatic carbocycles. The van der Waals surface area contributed by atoms with Crippen LogP contribution in [0.3, 0.4) is 0 Å². The van der Waals surface area contributed by atoms with E-state index >= 15 is 0 Å². The summed E-state index contributed by atoms with van der Waals surface area (Å²) in [6.45, 7) is 2.37. The van der Waals surface area contributed by atoms with E-state index in [9.17, 15) is 0 Å². The molecule has 1 aromatic carbocycles. The van der Waals surface area contributed by atoms with Gasteiger partial charge in [-0.3, -0.25) is 4.98 Å². The molecular formula is C13H16N2O. The fourth-order valence-corrected chi connectivity index (χ4v) is 1.60. The highest BCUT2D eigenvalue weighted by atomic mass is 16.5. The molecular weight excluding hydrogens is 200 g/mol. The highest BCUT2D eigenvalue weighted by Gasteiger charge is 1.97. The Morgan fingerprint density at radius 3 is 2.94 bits per heavy atom. The van der Waals surface area contributed by atoms with E-state index in [1.54, 1.807) is 7.11 Å². The Morgan fingerprint density at radius 2 is 2.06 bits per heavy atom. The van der Waals surface area contributed by atoms with Crippen LogP contribution in [-0.4, -0.2) is 25.2 Å². The Labute approximate surface area is 95.5 Å². The average Bonchev–Trinajstić information content (AvgIpc) is 2.34. The summed E-state index contributed by atoms with van der Waals surface area (Å²) in [5.41, 5.74) is 2.11. The Morgan fingerprint density at radius 1 is 1.19 bits per heavy atom. The standard InChI is InChI=1S/C13H16N2O/c1-16-9-8-14-10-12-7-6-11-4-2-3-5-13(11)15-12/h2-7,14H,8-10H2,1H3. The number of ether oxygens (including phenoxy) is 1. The minimum Gasteiger partial charge on any atom is -0.383 e. The van der Waals surface area contributed by atoms with Crippen molar-refractivity contribution in [2.75, 3.05) is 20.3 Å². The van der Waals surface area contributed by atoms with Crippen molar-refractivity contribution in [2.24, 2.45) is 0 Å². The van der Waals surface area contributed by atoms with Crippen molar-refractivity contribution in [2.45, 2.75) is 6.54 Å². The molecule has 0 atom stereocenters. The number of nitrogens with zero attached hydrogens (tertiary/aromatic N) is 1. The summed E-state index contributed by atoms with van der Waals surface area (Å²) >= 11 is 0. The maximum absolute atomic E-state index is 4.97. The predicted molar refractivity (Wildman–Crippen MR) is 65.3 cm³/mol. The van der Waals surface area contributed by atoms with E-state index in [1.807, 2.05) is 18.2 Å². The number of rotatable bonds is 5. The summed E-state index contributed by atoms with van der Waals surface area (Å²) in [5.74, 6) is 0. The van der Waals surface area contributed by atoms with Gasteiger partial charge in [0.1, 0.15) is 0 Å². The zero-order chi connectivity index (χ0) is 11.2. The lowest BCUT2D eigenvalue weighted by atomic mass is 10.2. The largest absolute Gasteiger partial charge is 0.383 e. The fourth-order valence-electron chi connectivity index (χ4n) is 1.60. The van der Waals surface area contributed by atoms with E-state index in [0.29, 0.717) is 0 Å². The number of aromatic nitrogens is 1. The molecule has 0 radical (unpaired) electrons. The van der Waals surface area contributed by atoms with Gasteiger partial charge >= 0.3 is 0 Å². The average molecular weight is 216 g/mol. The zero-order valence-electron chi connectivity index (χ0n) is 9.44. The Kier molecular flexibility index (Phi) is 3.86. The topological polar surface area (TPSA) is 34.1 Å². The lowest BCUT2D eigenvalue weighted by molar-refractivity contribution is 0.199. The van der Waals surface area contributed by atoms with Crippen molar-refractivity contribution in [3.8, 4) is 0 Å². The molecule has 0 amide bonds. The molecule has 0 aliphatic rings. The molecule has 1 aromatic heterocycles. The first kappa shape index (κ1) is 11.0. The normalized spacial score (nSPS) is 10.8. The molecule has 0 saturated heterocycles. The molecule has 1 N–H and O–H groups in total. The van der Waals surface area contributed by atoms with Gasteiger partial charge in [-0.15, -0.1) is 0 Å². The van der Waals surface area contributed by atoms with Gasteiger partial charge in [0, 0.05) is 25.6 Å². The number of benzene rings is 1. The summed E-state index contributed by atoms with van der Waals surface area (Å²) < 4.78 is 4.97. The van der Waals surface area contributed by atoms with Gasteiger partial charge in [0.05, 0.1) is 17.8 Å². The molecule has 84 valence electrons. The van der Waals surface area contributed by atoms with Crippen LogP contribution in [-0.2, 0) is 11.3 Å². The highest BCUT2D eigenvalue weighted by molar-refractivity contribution is 5.78. The third-order valence-corrected chi connectivity index (χ3v) is 2.45. The van der Waals surface area contributed by atoms with Crippen LogP contribution in [0.4, 0.5) is 0 Å². The summed E-state index contributed by atoms with van der Waals surface area (Å²) in [5, 5.41) is 4.46. The lowest BCUT2D eigenvalue weighted by Gasteiger charge is -2.04. The molecule has 2 aromatic rings. The molecule has 0 spiro atoms. The van der Waals surface area contributed by atoms with Crippen molar-refractivity contribution < 1.29 is 4.74 Å². The molecule has 3 heteroatoms. The first-order valence-electron chi connectivity index (χ1n) is 5.44. The number of methoxy groups -OCH3 is 1. The van der Waals surface area contributed by atoms with Gasteiger partial charge in [-0.2, -0.15) is 0 Å². The second-order valence-electron chi connectivity index (χ2n) is 3.66. The van der Waals surface area contributed by atoms with Crippen LogP contribution in [0.2, 0.25) is 0 Å². The van der Waals surface area contributed by atoms with E-state index in [-0.39, 0.29) is 0 Å². The van der Waals surface area contributed by atoms with Gasteiger partial charge in [-0.25, -0.2) is 0 Å². The van der Waals surface area contributed by atoms with Crippen molar-refractivity contribution >= 4 is 10.9 Å². The molecule has 0 bridgehead atoms. The summed E-state index contributed by atoms with van der Waals surface area (Å²) in [6, 6.07) is 12.3. The van der Waals surface area contributed by atoms with Crippen molar-refractivity contribution in [1.29, 1.82) is 0 Å². The van der Waals surface area contributed by atoms with Crippen LogP contribution in [0, 0.1) is 0 Å². The van der Waals surface area contributed by atoms with E-state index in [2.05, 4.69) is 28.5 Å². The summed E-state index contributed by atoms with van der Waals surface area (Å²) in [7, 11) is 1.70. The fraction of sp³-hybridized carbons (Fsp3) is 0.308. The first-order valence-corrected chi connectivity index (χ1v) is 5.44. The molecule has 0 fully saturated rings. The van der Waals surface area contributed by atoms with Gasteiger partial charge in [0.2, 0.25) is 0 Å². The third kappa shape index (κ3) is 2.78. The van der Waals surface area contributed by atoms with E-state index in [1.165, 1.54) is 5.39 Å². The van der Waals surface area contributed by atoms with Gasteiger partial charge < -0.3 is 10.1 Å². The van der Waals surface area contributed by atoms with E-state index in [4.69, 9.17) is 4.74 Å². The zero-order valence-corrected chi connectivity index (χ0v) is 9.44. The number of nitrogens with one attached hydrogen (secondary N) is 1. The molecule has 3 nitrogen and oxygen atoms in total. The summed E-state index contributed by atoms with van der Waals surface area (Å²) in [4.78, 5) is 4.57. The lowest BCUT2D eigenvalue weighted by Crippen LogP contribution is -2.19. The third-order valence-electron chi connectivity index (χ3n) is 2.45. The Bertz CT molecular complexity index is 456. The quantitative estimate of drug-likeness (QED) is 0.776. The van der Waals surface area contributed by atoms with Crippen LogP contribution in [0.1, 0.15) is 5.69 Å². The van der Waals surface area contributed by atoms with E-state index in [0.717, 1.165) is 30.9 Å². The van der Waals surface area contributed by atoms with E-state index < -0.39 is 0 Å². The van der Waals surface area contributed by atoms with Crippen molar-refractivity contribution in [1.82, 2.24) is 10.3 Å². The molecule has 0 saturated carbocycles. The number of fused-ring (bicyclic) bond motifs is 1. The number of hydrogen-bond donors (Lipinski definition) is 1. The van der Waals surface area contributed by atoms with Gasteiger partial charge in [-0.05, 0) is 12.1 Å². The van der Waals surface area contributed by atoms with Crippen molar-refractivity contribution in [3.63, 3.8) is 0 Å². The van der Waals surface area contributed by atoms with Gasteiger partial charge in [0.15, 0.2) is 0 Å². The Hall–Kier alpha value is -1.45. The van der Waals surface area contributed by atoms with Crippen molar-refractivity contribution in [3.05, 3.63) is 42.1 Å². The molecule has 16 heavy (non-hydrogen) atoms. The number of para-hydroxylation sites is 1. The highest BCUT2D eigenvalue weighted by Crippen LogP contribution is 2.11. The number of pyridine rings is 1. The maximum Gasteiger partial charge on any atom is 0.0705 e. The maximum atomic E-state index is 4.97. The van der Waals surface area contributed by atoms with Crippen LogP contribution in [0.5, 0.6) is 0 Å². The molecule has 0 unspecified atom stereocenters. The smallest absolute Gasteiger partial charge is 0.0705 e.